The van der Waals surface area contributed by atoms with E-state index in [1.807, 2.05) is 16.7 Å². The first-order valence-electron chi connectivity index (χ1n) is 10.5. The molecule has 2 aromatic heterocycles. The molecule has 1 fully saturated rings. The van der Waals surface area contributed by atoms with Crippen LogP contribution < -0.4 is 15.0 Å². The normalized spacial score (nSPS) is 17.2. The van der Waals surface area contributed by atoms with Gasteiger partial charge in [-0.25, -0.2) is 22.7 Å². The number of benzene rings is 1. The predicted octanol–water partition coefficient (Wildman–Crippen LogP) is 2.94. The maximum Gasteiger partial charge on any atom is 0.231 e. The molecule has 1 saturated heterocycles. The first kappa shape index (κ1) is 22.7. The first-order valence-corrected chi connectivity index (χ1v) is 14.0. The molecule has 2 N–H and O–H groups in total. The van der Waals surface area contributed by atoms with Crippen molar-refractivity contribution in [2.75, 3.05) is 26.1 Å². The Morgan fingerprint density at radius 1 is 1.27 bits per heavy atom. The third-order valence-corrected chi connectivity index (χ3v) is 9.26. The molecule has 13 heteroatoms. The highest BCUT2D eigenvalue weighted by Gasteiger charge is 2.25. The summed E-state index contributed by atoms with van der Waals surface area (Å²) in [5.41, 5.74) is 1.42. The summed E-state index contributed by atoms with van der Waals surface area (Å²) in [7, 11) is -3.14. The Kier molecular flexibility index (Phi) is 6.14. The molecule has 2 aliphatic heterocycles. The van der Waals surface area contributed by atoms with Gasteiger partial charge in [0.25, 0.3) is 0 Å². The Labute approximate surface area is 203 Å². The SMILES string of the molecule is CS(=O)(=O)N1CCC(CCn2c(Sc3cc4c(cc3Br)OCO4)nc(=N)c3[nH]cnc32)CC1. The quantitative estimate of drug-likeness (QED) is 0.448. The van der Waals surface area contributed by atoms with Crippen LogP contribution in [-0.2, 0) is 16.6 Å². The Morgan fingerprint density at radius 3 is 2.73 bits per heavy atom. The number of hydrogen-bond donors (Lipinski definition) is 2. The van der Waals surface area contributed by atoms with Gasteiger partial charge in [-0.3, -0.25) is 5.41 Å². The lowest BCUT2D eigenvalue weighted by Gasteiger charge is -2.30. The Bertz CT molecular complexity index is 1360. The number of nitrogens with zero attached hydrogens (tertiary/aromatic N) is 4. The summed E-state index contributed by atoms with van der Waals surface area (Å²) in [6.07, 6.45) is 5.38. The van der Waals surface area contributed by atoms with Crippen molar-refractivity contribution in [3.05, 3.63) is 28.4 Å². The predicted molar refractivity (Wildman–Crippen MR) is 126 cm³/mol. The van der Waals surface area contributed by atoms with Gasteiger partial charge < -0.3 is 19.0 Å². The van der Waals surface area contributed by atoms with Crippen LogP contribution in [0.25, 0.3) is 11.2 Å². The Hall–Kier alpha value is -2.09. The number of fused-ring (bicyclic) bond motifs is 2. The summed E-state index contributed by atoms with van der Waals surface area (Å²) in [6.45, 7) is 1.98. The van der Waals surface area contributed by atoms with E-state index in [4.69, 9.17) is 14.9 Å². The van der Waals surface area contributed by atoms with Gasteiger partial charge in [0.05, 0.1) is 12.6 Å². The maximum atomic E-state index is 11.8. The van der Waals surface area contributed by atoms with Crippen LogP contribution in [-0.4, -0.2) is 58.4 Å². The fraction of sp³-hybridized carbons (Fsp3) is 0.450. The minimum absolute atomic E-state index is 0.138. The van der Waals surface area contributed by atoms with E-state index >= 15 is 0 Å². The second kappa shape index (κ2) is 8.93. The zero-order chi connectivity index (χ0) is 23.2. The molecule has 1 aromatic carbocycles. The Morgan fingerprint density at radius 2 is 2.00 bits per heavy atom. The van der Waals surface area contributed by atoms with E-state index in [9.17, 15) is 8.42 Å². The number of nitrogens with one attached hydrogen (secondary N) is 2. The third-order valence-electron chi connectivity index (χ3n) is 5.98. The number of imidazole rings is 1. The molecule has 0 spiro atoms. The molecule has 5 rings (SSSR count). The lowest BCUT2D eigenvalue weighted by atomic mass is 9.95. The monoisotopic (exact) mass is 554 g/mol. The van der Waals surface area contributed by atoms with Gasteiger partial charge in [0.1, 0.15) is 5.52 Å². The summed E-state index contributed by atoms with van der Waals surface area (Å²) >= 11 is 5.04. The largest absolute Gasteiger partial charge is 0.454 e. The van der Waals surface area contributed by atoms with Gasteiger partial charge >= 0.3 is 0 Å². The second-order valence-corrected chi connectivity index (χ2v) is 12.0. The lowest BCUT2D eigenvalue weighted by molar-refractivity contribution is 0.174. The standard InChI is InChI=1S/C20H23BrN6O4S2/c1-33(28,29)26-5-2-12(3-6-26)4-7-27-19-17(23-10-24-19)18(22)25-20(27)32-16-9-15-14(8-13(16)21)30-11-31-15/h8-10,12,22H,2-7,11H2,1H3,(H,23,24). The number of sulfonamides is 1. The van der Waals surface area contributed by atoms with Gasteiger partial charge in [-0.05, 0) is 53.2 Å². The molecule has 176 valence electrons. The number of piperidine rings is 1. The number of aryl methyl sites for hydroxylation is 1. The van der Waals surface area contributed by atoms with Crippen molar-refractivity contribution in [1.29, 1.82) is 5.41 Å². The van der Waals surface area contributed by atoms with E-state index in [1.54, 1.807) is 10.6 Å². The summed E-state index contributed by atoms with van der Waals surface area (Å²) in [5, 5.41) is 9.00. The van der Waals surface area contributed by atoms with Crippen LogP contribution in [0.2, 0.25) is 0 Å². The summed E-state index contributed by atoms with van der Waals surface area (Å²) in [4.78, 5) is 12.9. The molecule has 0 saturated carbocycles. The van der Waals surface area contributed by atoms with Gasteiger partial charge in [-0.1, -0.05) is 11.8 Å². The fourth-order valence-corrected chi connectivity index (χ4v) is 6.55. The number of halogens is 1. The van der Waals surface area contributed by atoms with Crippen LogP contribution in [0, 0.1) is 11.3 Å². The third kappa shape index (κ3) is 4.63. The molecule has 0 bridgehead atoms. The van der Waals surface area contributed by atoms with Crippen molar-refractivity contribution in [1.82, 2.24) is 23.8 Å². The van der Waals surface area contributed by atoms with E-state index < -0.39 is 10.0 Å². The van der Waals surface area contributed by atoms with E-state index in [2.05, 4.69) is 30.9 Å². The van der Waals surface area contributed by atoms with Crippen LogP contribution in [0.15, 0.2) is 33.0 Å². The number of rotatable bonds is 6. The van der Waals surface area contributed by atoms with Crippen molar-refractivity contribution >= 4 is 48.9 Å². The van der Waals surface area contributed by atoms with Gasteiger partial charge in [0.15, 0.2) is 27.8 Å². The number of aromatic amines is 1. The van der Waals surface area contributed by atoms with Crippen LogP contribution in [0.5, 0.6) is 11.5 Å². The van der Waals surface area contributed by atoms with Gasteiger partial charge in [-0.15, -0.1) is 0 Å². The van der Waals surface area contributed by atoms with E-state index in [0.717, 1.165) is 28.6 Å². The molecule has 10 nitrogen and oxygen atoms in total. The average Bonchev–Trinajstić information content (AvgIpc) is 3.43. The van der Waals surface area contributed by atoms with Crippen molar-refractivity contribution in [2.24, 2.45) is 5.92 Å². The fourth-order valence-electron chi connectivity index (χ4n) is 4.16. The van der Waals surface area contributed by atoms with Crippen LogP contribution in [0.4, 0.5) is 0 Å². The van der Waals surface area contributed by atoms with E-state index in [-0.39, 0.29) is 12.3 Å². The summed E-state index contributed by atoms with van der Waals surface area (Å²) in [5.74, 6) is 1.78. The van der Waals surface area contributed by atoms with Crippen LogP contribution >= 0.6 is 27.7 Å². The minimum Gasteiger partial charge on any atom is -0.454 e. The molecule has 3 aromatic rings. The second-order valence-electron chi connectivity index (χ2n) is 8.13. The molecular formula is C20H23BrN6O4S2. The van der Waals surface area contributed by atoms with Gasteiger partial charge in [0, 0.05) is 29.0 Å². The number of H-pyrrole nitrogens is 1. The minimum atomic E-state index is -3.14. The molecule has 0 atom stereocenters. The maximum absolute atomic E-state index is 11.8. The molecule has 4 heterocycles. The van der Waals surface area contributed by atoms with Crippen LogP contribution in [0.3, 0.4) is 0 Å². The smallest absolute Gasteiger partial charge is 0.231 e. The molecule has 0 radical (unpaired) electrons. The van der Waals surface area contributed by atoms with Gasteiger partial charge in [-0.2, -0.15) is 0 Å². The summed E-state index contributed by atoms with van der Waals surface area (Å²) in [6, 6.07) is 3.78. The Balaban J connectivity index is 1.40. The van der Waals surface area contributed by atoms with Crippen molar-refractivity contribution < 1.29 is 17.9 Å². The van der Waals surface area contributed by atoms with Crippen LogP contribution in [0.1, 0.15) is 19.3 Å². The molecule has 0 unspecified atom stereocenters. The number of ether oxygens (including phenoxy) is 2. The van der Waals surface area contributed by atoms with Crippen molar-refractivity contribution in [3.8, 4) is 11.5 Å². The van der Waals surface area contributed by atoms with E-state index in [1.165, 1.54) is 18.0 Å². The topological polar surface area (TPSA) is 126 Å². The summed E-state index contributed by atoms with van der Waals surface area (Å²) < 4.78 is 39.0. The molecule has 2 aliphatic rings. The highest BCUT2D eigenvalue weighted by atomic mass is 79.9. The average molecular weight is 555 g/mol. The van der Waals surface area contributed by atoms with Crippen molar-refractivity contribution in [2.45, 2.75) is 35.9 Å². The number of aromatic nitrogens is 4. The van der Waals surface area contributed by atoms with Crippen molar-refractivity contribution in [3.63, 3.8) is 0 Å². The molecule has 33 heavy (non-hydrogen) atoms. The lowest BCUT2D eigenvalue weighted by Crippen LogP contribution is -2.37. The molecule has 0 amide bonds. The molecular weight excluding hydrogens is 532 g/mol. The highest BCUT2D eigenvalue weighted by Crippen LogP contribution is 2.42. The zero-order valence-electron chi connectivity index (χ0n) is 17.9. The van der Waals surface area contributed by atoms with E-state index in [0.29, 0.717) is 53.4 Å². The highest BCUT2D eigenvalue weighted by molar-refractivity contribution is 9.10. The molecule has 0 aliphatic carbocycles. The van der Waals surface area contributed by atoms with Gasteiger partial charge in [0.2, 0.25) is 16.8 Å². The zero-order valence-corrected chi connectivity index (χ0v) is 21.1. The number of hydrogen-bond acceptors (Lipinski definition) is 8. The first-order chi connectivity index (χ1) is 15.8.